The summed E-state index contributed by atoms with van der Waals surface area (Å²) in [6, 6.07) is 16.2. The van der Waals surface area contributed by atoms with E-state index in [2.05, 4.69) is 39.7 Å². The minimum absolute atomic E-state index is 0.401. The zero-order valence-corrected chi connectivity index (χ0v) is 15.1. The number of aromatic nitrogens is 1. The highest BCUT2D eigenvalue weighted by Gasteiger charge is 2.05. The monoisotopic (exact) mass is 340 g/mol. The van der Waals surface area contributed by atoms with Crippen molar-refractivity contribution in [3.05, 3.63) is 66.0 Å². The van der Waals surface area contributed by atoms with Gasteiger partial charge in [-0.15, -0.1) is 0 Å². The summed E-state index contributed by atoms with van der Waals surface area (Å²) in [6.07, 6.45) is 2.69. The molecule has 0 saturated heterocycles. The number of nitrogens with one attached hydrogen (secondary N) is 2. The summed E-state index contributed by atoms with van der Waals surface area (Å²) < 4.78 is 5.78. The SMILES string of the molecule is CN=C(NCCc1ccccn1)NCC(C)COCc1ccccc1. The lowest BCUT2D eigenvalue weighted by Crippen LogP contribution is -2.40. The van der Waals surface area contributed by atoms with Crippen molar-refractivity contribution in [2.75, 3.05) is 26.7 Å². The second kappa shape index (κ2) is 11.2. The Labute approximate surface area is 150 Å². The minimum Gasteiger partial charge on any atom is -0.376 e. The number of ether oxygens (including phenoxy) is 1. The van der Waals surface area contributed by atoms with Crippen LogP contribution in [0.25, 0.3) is 0 Å². The third-order valence-corrected chi connectivity index (χ3v) is 3.76. The zero-order valence-electron chi connectivity index (χ0n) is 15.1. The summed E-state index contributed by atoms with van der Waals surface area (Å²) >= 11 is 0. The normalized spacial score (nSPS) is 12.6. The standard InChI is InChI=1S/C20H28N4O/c1-17(15-25-16-18-8-4-3-5-9-18)14-24-20(21-2)23-13-11-19-10-6-7-12-22-19/h3-10,12,17H,11,13-16H2,1-2H3,(H2,21,23,24). The molecule has 1 aromatic carbocycles. The number of pyridine rings is 1. The van der Waals surface area contributed by atoms with Crippen LogP contribution in [-0.2, 0) is 17.8 Å². The van der Waals surface area contributed by atoms with Crippen LogP contribution in [-0.4, -0.2) is 37.7 Å². The van der Waals surface area contributed by atoms with Crippen molar-refractivity contribution in [1.29, 1.82) is 0 Å². The summed E-state index contributed by atoms with van der Waals surface area (Å²) in [5.74, 6) is 1.21. The van der Waals surface area contributed by atoms with Crippen LogP contribution in [0.15, 0.2) is 59.7 Å². The Balaban J connectivity index is 1.59. The van der Waals surface area contributed by atoms with Gasteiger partial charge in [0.05, 0.1) is 13.2 Å². The van der Waals surface area contributed by atoms with E-state index in [1.165, 1.54) is 5.56 Å². The molecule has 2 aromatic rings. The maximum atomic E-state index is 5.78. The van der Waals surface area contributed by atoms with Crippen LogP contribution in [0.2, 0.25) is 0 Å². The first-order valence-electron chi connectivity index (χ1n) is 8.74. The van der Waals surface area contributed by atoms with E-state index in [-0.39, 0.29) is 0 Å². The van der Waals surface area contributed by atoms with Crippen molar-refractivity contribution in [1.82, 2.24) is 15.6 Å². The van der Waals surface area contributed by atoms with Crippen LogP contribution in [0.3, 0.4) is 0 Å². The molecule has 5 heteroatoms. The molecule has 1 heterocycles. The van der Waals surface area contributed by atoms with E-state index in [9.17, 15) is 0 Å². The molecule has 0 aliphatic heterocycles. The van der Waals surface area contributed by atoms with Crippen molar-refractivity contribution in [3.63, 3.8) is 0 Å². The molecule has 5 nitrogen and oxygen atoms in total. The van der Waals surface area contributed by atoms with Gasteiger partial charge in [0.25, 0.3) is 0 Å². The van der Waals surface area contributed by atoms with E-state index in [4.69, 9.17) is 4.74 Å². The fourth-order valence-electron chi connectivity index (χ4n) is 2.36. The molecule has 0 bridgehead atoms. The molecule has 0 spiro atoms. The number of hydrogen-bond acceptors (Lipinski definition) is 3. The molecule has 0 fully saturated rings. The molecule has 1 unspecified atom stereocenters. The first-order valence-corrected chi connectivity index (χ1v) is 8.74. The van der Waals surface area contributed by atoms with E-state index in [1.807, 2.05) is 42.6 Å². The summed E-state index contributed by atoms with van der Waals surface area (Å²) in [5.41, 5.74) is 2.28. The number of nitrogens with zero attached hydrogens (tertiary/aromatic N) is 2. The molecule has 2 rings (SSSR count). The molecule has 2 N–H and O–H groups in total. The summed E-state index contributed by atoms with van der Waals surface area (Å²) in [7, 11) is 1.78. The molecular formula is C20H28N4O. The van der Waals surface area contributed by atoms with E-state index in [0.29, 0.717) is 19.1 Å². The molecule has 134 valence electrons. The molecule has 0 aliphatic carbocycles. The van der Waals surface area contributed by atoms with E-state index in [0.717, 1.165) is 31.2 Å². The van der Waals surface area contributed by atoms with Gasteiger partial charge in [-0.3, -0.25) is 9.98 Å². The molecule has 0 amide bonds. The Hall–Kier alpha value is -2.40. The third kappa shape index (κ3) is 7.81. The molecule has 1 atom stereocenters. The molecule has 1 aromatic heterocycles. The van der Waals surface area contributed by atoms with Crippen LogP contribution in [0.5, 0.6) is 0 Å². The average molecular weight is 340 g/mol. The van der Waals surface area contributed by atoms with Crippen LogP contribution in [0.1, 0.15) is 18.2 Å². The van der Waals surface area contributed by atoms with Gasteiger partial charge in [0.15, 0.2) is 5.96 Å². The van der Waals surface area contributed by atoms with E-state index < -0.39 is 0 Å². The Morgan fingerprint density at radius 3 is 2.64 bits per heavy atom. The van der Waals surface area contributed by atoms with Crippen molar-refractivity contribution in [2.45, 2.75) is 20.0 Å². The van der Waals surface area contributed by atoms with Crippen LogP contribution < -0.4 is 10.6 Å². The van der Waals surface area contributed by atoms with E-state index >= 15 is 0 Å². The predicted molar refractivity (Wildman–Crippen MR) is 103 cm³/mol. The first kappa shape index (κ1) is 18.9. The predicted octanol–water partition coefficient (Wildman–Crippen LogP) is 2.64. The maximum Gasteiger partial charge on any atom is 0.190 e. The summed E-state index contributed by atoms with van der Waals surface area (Å²) in [4.78, 5) is 8.57. The Bertz CT molecular complexity index is 616. The largest absolute Gasteiger partial charge is 0.376 e. The topological polar surface area (TPSA) is 58.5 Å². The Morgan fingerprint density at radius 2 is 1.92 bits per heavy atom. The highest BCUT2D eigenvalue weighted by atomic mass is 16.5. The van der Waals surface area contributed by atoms with Gasteiger partial charge in [-0.2, -0.15) is 0 Å². The number of hydrogen-bond donors (Lipinski definition) is 2. The van der Waals surface area contributed by atoms with Crippen LogP contribution in [0, 0.1) is 5.92 Å². The van der Waals surface area contributed by atoms with Crippen molar-refractivity contribution in [2.24, 2.45) is 10.9 Å². The van der Waals surface area contributed by atoms with Crippen LogP contribution in [0.4, 0.5) is 0 Å². The fourth-order valence-corrected chi connectivity index (χ4v) is 2.36. The fraction of sp³-hybridized carbons (Fsp3) is 0.400. The van der Waals surface area contributed by atoms with Gasteiger partial charge in [-0.05, 0) is 23.6 Å². The zero-order chi connectivity index (χ0) is 17.7. The van der Waals surface area contributed by atoms with Gasteiger partial charge >= 0.3 is 0 Å². The Kier molecular flexibility index (Phi) is 8.49. The lowest BCUT2D eigenvalue weighted by molar-refractivity contribution is 0.0931. The van der Waals surface area contributed by atoms with Crippen molar-refractivity contribution < 1.29 is 4.74 Å². The molecule has 0 radical (unpaired) electrons. The second-order valence-electron chi connectivity index (χ2n) is 6.06. The van der Waals surface area contributed by atoms with Gasteiger partial charge in [-0.25, -0.2) is 0 Å². The smallest absolute Gasteiger partial charge is 0.190 e. The van der Waals surface area contributed by atoms with Gasteiger partial charge in [0.2, 0.25) is 0 Å². The average Bonchev–Trinajstić information content (AvgIpc) is 2.66. The highest BCUT2D eigenvalue weighted by molar-refractivity contribution is 5.79. The first-order chi connectivity index (χ1) is 12.3. The highest BCUT2D eigenvalue weighted by Crippen LogP contribution is 2.02. The number of guanidine groups is 1. The second-order valence-corrected chi connectivity index (χ2v) is 6.06. The third-order valence-electron chi connectivity index (χ3n) is 3.76. The molecule has 0 aliphatic rings. The van der Waals surface area contributed by atoms with E-state index in [1.54, 1.807) is 7.05 Å². The number of benzene rings is 1. The number of rotatable bonds is 9. The summed E-state index contributed by atoms with van der Waals surface area (Å²) in [5, 5.41) is 6.66. The minimum atomic E-state index is 0.401. The van der Waals surface area contributed by atoms with Gasteiger partial charge in [0, 0.05) is 38.4 Å². The van der Waals surface area contributed by atoms with Gasteiger partial charge in [0.1, 0.15) is 0 Å². The van der Waals surface area contributed by atoms with Gasteiger partial charge < -0.3 is 15.4 Å². The summed E-state index contributed by atoms with van der Waals surface area (Å²) in [6.45, 7) is 5.15. The Morgan fingerprint density at radius 1 is 1.12 bits per heavy atom. The lowest BCUT2D eigenvalue weighted by atomic mass is 10.2. The molecule has 25 heavy (non-hydrogen) atoms. The van der Waals surface area contributed by atoms with Crippen molar-refractivity contribution >= 4 is 5.96 Å². The maximum absolute atomic E-state index is 5.78. The van der Waals surface area contributed by atoms with Gasteiger partial charge in [-0.1, -0.05) is 43.3 Å². The quantitative estimate of drug-likeness (QED) is 0.544. The molecular weight excluding hydrogens is 312 g/mol. The van der Waals surface area contributed by atoms with Crippen molar-refractivity contribution in [3.8, 4) is 0 Å². The molecule has 0 saturated carbocycles. The van der Waals surface area contributed by atoms with Crippen LogP contribution >= 0.6 is 0 Å². The number of aliphatic imine (C=N–C) groups is 1. The lowest BCUT2D eigenvalue weighted by Gasteiger charge is -2.16.